The van der Waals surface area contributed by atoms with E-state index >= 15 is 0 Å². The van der Waals surface area contributed by atoms with Crippen LogP contribution in [0.2, 0.25) is 0 Å². The van der Waals surface area contributed by atoms with Crippen molar-refractivity contribution < 1.29 is 14.3 Å². The third-order valence-electron chi connectivity index (χ3n) is 21.3. The molecule has 3 saturated carbocycles. The second kappa shape index (κ2) is 25.0. The Morgan fingerprint density at radius 3 is 1.57 bits per heavy atom. The van der Waals surface area contributed by atoms with Gasteiger partial charge < -0.3 is 25.3 Å². The molecule has 7 aromatic rings. The van der Waals surface area contributed by atoms with Crippen molar-refractivity contribution >= 4 is 58.4 Å². The lowest BCUT2D eigenvalue weighted by molar-refractivity contribution is -0.0581. The van der Waals surface area contributed by atoms with Crippen LogP contribution in [0.4, 0.5) is 4.79 Å². The molecule has 0 unspecified atom stereocenters. The molecular formula is C78H86N6O3. The van der Waals surface area contributed by atoms with Gasteiger partial charge in [0.1, 0.15) is 6.10 Å². The summed E-state index contributed by atoms with van der Waals surface area (Å²) in [4.78, 5) is 45.4. The van der Waals surface area contributed by atoms with Gasteiger partial charge in [-0.05, 0) is 194 Å². The number of rotatable bonds is 17. The molecular weight excluding hydrogens is 1070 g/mol. The van der Waals surface area contributed by atoms with E-state index in [1.54, 1.807) is 5.57 Å². The number of nitrogens with zero attached hydrogens (tertiary/aromatic N) is 2. The Morgan fingerprint density at radius 1 is 0.552 bits per heavy atom. The van der Waals surface area contributed by atoms with Gasteiger partial charge in [0.05, 0.1) is 22.8 Å². The Balaban J connectivity index is 0.663. The third kappa shape index (κ3) is 11.7. The molecule has 2 aliphatic heterocycles. The number of aromatic amines is 2. The summed E-state index contributed by atoms with van der Waals surface area (Å²) in [5, 5.41) is 6.20. The lowest BCUT2D eigenvalue weighted by atomic mass is 9.47. The number of nitrogens with one attached hydrogen (secondary N) is 4. The molecule has 0 saturated heterocycles. The Morgan fingerprint density at radius 2 is 1.06 bits per heavy atom. The average molecular weight is 1160 g/mol. The summed E-state index contributed by atoms with van der Waals surface area (Å²) >= 11 is 0. The largest absolute Gasteiger partial charge is 0.446 e. The van der Waals surface area contributed by atoms with Crippen LogP contribution >= 0.6 is 0 Å². The number of alkyl carbamates (subject to hydrolysis) is 1. The van der Waals surface area contributed by atoms with Crippen molar-refractivity contribution in [3.63, 3.8) is 0 Å². The molecule has 13 rings (SSSR count). The van der Waals surface area contributed by atoms with Crippen molar-refractivity contribution in [2.24, 2.45) is 46.3 Å². The van der Waals surface area contributed by atoms with Gasteiger partial charge in [-0.1, -0.05) is 169 Å². The number of unbranched alkanes of at least 4 members (excludes halogenated alkanes) is 2. The van der Waals surface area contributed by atoms with E-state index in [0.717, 1.165) is 163 Å². The summed E-state index contributed by atoms with van der Waals surface area (Å²) < 4.78 is 6.12. The summed E-state index contributed by atoms with van der Waals surface area (Å²) in [7, 11) is 0. The summed E-state index contributed by atoms with van der Waals surface area (Å²) in [5.41, 5.74) is 17.9. The first-order valence-electron chi connectivity index (χ1n) is 32.8. The number of carbonyl (C=O) groups excluding carboxylic acids is 2. The van der Waals surface area contributed by atoms with Crippen molar-refractivity contribution in [2.45, 2.75) is 131 Å². The topological polar surface area (TPSA) is 125 Å². The second-order valence-electron chi connectivity index (χ2n) is 27.0. The maximum Gasteiger partial charge on any atom is 0.407 e. The highest BCUT2D eigenvalue weighted by atomic mass is 16.6. The molecule has 5 heterocycles. The first-order valence-corrected chi connectivity index (χ1v) is 32.8. The number of H-pyrrole nitrogens is 2. The highest BCUT2D eigenvalue weighted by molar-refractivity contribution is 6.00. The van der Waals surface area contributed by atoms with E-state index in [2.05, 4.69) is 183 Å². The summed E-state index contributed by atoms with van der Waals surface area (Å²) in [6.45, 7) is 13.6. The molecule has 9 nitrogen and oxygen atoms in total. The maximum atomic E-state index is 13.7. The van der Waals surface area contributed by atoms with Crippen LogP contribution in [0.3, 0.4) is 0 Å². The normalized spacial score (nSPS) is 23.1. The third-order valence-corrected chi connectivity index (χ3v) is 21.3. The van der Waals surface area contributed by atoms with Gasteiger partial charge in [0.25, 0.3) is 5.91 Å². The molecule has 6 aliphatic rings. The summed E-state index contributed by atoms with van der Waals surface area (Å²) in [5.74, 6) is 4.76. The lowest BCUT2D eigenvalue weighted by Gasteiger charge is -2.58. The smallest absolute Gasteiger partial charge is 0.407 e. The van der Waals surface area contributed by atoms with Crippen LogP contribution in [0.1, 0.15) is 158 Å². The summed E-state index contributed by atoms with van der Waals surface area (Å²) in [6, 6.07) is 47.7. The number of hydrogen-bond donors (Lipinski definition) is 4. The van der Waals surface area contributed by atoms with Crippen LogP contribution in [0.15, 0.2) is 151 Å². The lowest BCUT2D eigenvalue weighted by Crippen LogP contribution is -2.51. The Kier molecular flexibility index (Phi) is 16.7. The Hall–Kier alpha value is -8.04. The van der Waals surface area contributed by atoms with E-state index in [-0.39, 0.29) is 23.5 Å². The van der Waals surface area contributed by atoms with Crippen LogP contribution in [0, 0.1) is 46.3 Å². The van der Waals surface area contributed by atoms with Crippen LogP contribution in [0.25, 0.3) is 90.9 Å². The zero-order chi connectivity index (χ0) is 59.7. The minimum absolute atomic E-state index is 0.0651. The van der Waals surface area contributed by atoms with Crippen LogP contribution in [-0.4, -0.2) is 51.1 Å². The van der Waals surface area contributed by atoms with Crippen molar-refractivity contribution in [1.29, 1.82) is 0 Å². The molecule has 8 atom stereocenters. The number of benzene rings is 4. The van der Waals surface area contributed by atoms with Crippen molar-refractivity contribution in [3.8, 4) is 44.5 Å². The molecule has 3 fully saturated rings. The number of allylic oxidation sites excluding steroid dienone is 1. The predicted molar refractivity (Wildman–Crippen MR) is 358 cm³/mol. The first-order chi connectivity index (χ1) is 42.4. The summed E-state index contributed by atoms with van der Waals surface area (Å²) in [6.07, 6.45) is 27.0. The Labute approximate surface area is 514 Å². The fourth-order valence-electron chi connectivity index (χ4n) is 16.9. The number of carbonyl (C=O) groups is 2. The van der Waals surface area contributed by atoms with Gasteiger partial charge in [-0.15, -0.1) is 0 Å². The van der Waals surface area contributed by atoms with E-state index < -0.39 is 0 Å². The fraction of sp³-hybridized carbons (Fsp3) is 0.385. The highest BCUT2D eigenvalue weighted by Crippen LogP contribution is 2.67. The van der Waals surface area contributed by atoms with E-state index in [9.17, 15) is 9.59 Å². The average Bonchev–Trinajstić information content (AvgIpc) is 1.78. The van der Waals surface area contributed by atoms with Crippen molar-refractivity contribution in [2.75, 3.05) is 13.1 Å². The molecule has 3 aromatic heterocycles. The van der Waals surface area contributed by atoms with Crippen LogP contribution < -0.4 is 10.6 Å². The van der Waals surface area contributed by atoms with Gasteiger partial charge in [-0.2, -0.15) is 0 Å². The van der Waals surface area contributed by atoms with E-state index in [0.29, 0.717) is 24.1 Å². The van der Waals surface area contributed by atoms with Gasteiger partial charge in [0.15, 0.2) is 0 Å². The monoisotopic (exact) mass is 1150 g/mol. The second-order valence-corrected chi connectivity index (χ2v) is 27.0. The molecule has 4 aliphatic carbocycles. The number of fused-ring (bicyclic) bond motifs is 13. The van der Waals surface area contributed by atoms with Crippen LogP contribution in [0.5, 0.6) is 0 Å². The van der Waals surface area contributed by atoms with E-state index in [4.69, 9.17) is 14.7 Å². The van der Waals surface area contributed by atoms with Gasteiger partial charge in [-0.3, -0.25) is 4.79 Å². The minimum Gasteiger partial charge on any atom is -0.446 e. The number of aromatic nitrogens is 4. The maximum absolute atomic E-state index is 13.7. The zero-order valence-electron chi connectivity index (χ0n) is 51.6. The number of amides is 2. The molecule has 2 amide bonds. The van der Waals surface area contributed by atoms with Gasteiger partial charge in [0.2, 0.25) is 0 Å². The zero-order valence-corrected chi connectivity index (χ0v) is 51.6. The van der Waals surface area contributed by atoms with Crippen molar-refractivity contribution in [1.82, 2.24) is 30.6 Å². The number of ether oxygens (including phenoxy) is 1. The molecule has 8 bridgehead atoms. The quantitative estimate of drug-likeness (QED) is 0.0534. The number of hydrogen-bond acceptors (Lipinski definition) is 5. The molecule has 87 heavy (non-hydrogen) atoms. The Bertz CT molecular complexity index is 3880. The van der Waals surface area contributed by atoms with Crippen LogP contribution in [-0.2, 0) is 4.74 Å². The molecule has 9 heteroatoms. The molecule has 446 valence electrons. The molecule has 4 N–H and O–H groups in total. The fourth-order valence-corrected chi connectivity index (χ4v) is 16.9. The minimum atomic E-state index is -0.305. The van der Waals surface area contributed by atoms with Gasteiger partial charge >= 0.3 is 6.09 Å². The molecule has 0 spiro atoms. The van der Waals surface area contributed by atoms with Gasteiger partial charge in [-0.25, -0.2) is 14.8 Å². The predicted octanol–water partition coefficient (Wildman–Crippen LogP) is 19.4. The van der Waals surface area contributed by atoms with Gasteiger partial charge in [0, 0.05) is 69.4 Å². The molecule has 4 aromatic carbocycles. The SMILES string of the molecule is CC(C)CCC[C@@H](C)[C@H]1CC[C@H]2[C@@H]3CC=C4C[C@@H](OC(=O)NCCCCCNC(=O)c5ccc(-c6c7nc(c(-c8ccccc8)c8ccc([nH]8)c(-c8ccccc8)c8nc(c(-c9ccccc9)c9ccc6[nH]9)C=C8)C=C7)cc5)CC[C@]4(C)[C@H]3CC[C@]12C. The van der Waals surface area contributed by atoms with Crippen molar-refractivity contribution in [3.05, 3.63) is 180 Å². The van der Waals surface area contributed by atoms with E-state index in [1.807, 2.05) is 42.5 Å². The van der Waals surface area contributed by atoms with E-state index in [1.165, 1.54) is 51.4 Å². The standard InChI is InChI=1S/C78H86N6O3/c1-50(2)19-18-20-51(3)60-33-34-61-59-32-31-57-49-58(43-45-77(57,4)62(59)44-46-78(60,61)5)87-76(86)80-48-17-9-16-47-79-75(85)56-29-27-55(28-30-56)74-69-41-39-67(83-69)72(53-23-12-7-13-24-53)65-37-35-63(81-65)71(52-21-10-6-11-22-52)64-36-38-66(82-64)73(54-25-14-8-15-26-54)68-40-42-70(74)84-68/h6-8,10-15,21-31,35-42,50-51,58-62,81,84H,9,16-20,32-34,43-49H2,1-5H3,(H,79,85)(H,80,86)/t51-,58+,59+,60-,61+,62+,77+,78-/m1/s1. The highest BCUT2D eigenvalue weighted by Gasteiger charge is 2.59. The first kappa shape index (κ1) is 58.0. The molecule has 0 radical (unpaired) electrons.